The van der Waals surface area contributed by atoms with E-state index in [0.29, 0.717) is 10.8 Å². The standard InChI is InChI=1S/C14H16ClN3/c15-12-6-7-14(18-13(12)10-16)17-9-8-11-4-2-1-3-5-11/h4,6-7H,1-3,5,8-9H2,(H,17,18). The first-order valence-electron chi connectivity index (χ1n) is 6.28. The van der Waals surface area contributed by atoms with Crippen molar-refractivity contribution in [3.63, 3.8) is 0 Å². The first kappa shape index (κ1) is 12.9. The third kappa shape index (κ3) is 3.48. The number of nitrogens with one attached hydrogen (secondary N) is 1. The summed E-state index contributed by atoms with van der Waals surface area (Å²) in [5.74, 6) is 0.715. The Hall–Kier alpha value is -1.53. The van der Waals surface area contributed by atoms with Gasteiger partial charge in [-0.05, 0) is 44.2 Å². The van der Waals surface area contributed by atoms with Gasteiger partial charge in [0.2, 0.25) is 0 Å². The maximum atomic E-state index is 8.84. The van der Waals surface area contributed by atoms with Crippen molar-refractivity contribution in [2.75, 3.05) is 11.9 Å². The second-order valence-electron chi connectivity index (χ2n) is 4.42. The van der Waals surface area contributed by atoms with Crippen LogP contribution >= 0.6 is 11.6 Å². The summed E-state index contributed by atoms with van der Waals surface area (Å²) in [6, 6.07) is 5.49. The Labute approximate surface area is 112 Å². The molecule has 0 amide bonds. The molecule has 1 heterocycles. The smallest absolute Gasteiger partial charge is 0.161 e. The fourth-order valence-corrected chi connectivity index (χ4v) is 2.25. The normalized spacial score (nSPS) is 14.8. The molecule has 1 aromatic rings. The van der Waals surface area contributed by atoms with E-state index >= 15 is 0 Å². The van der Waals surface area contributed by atoms with Gasteiger partial charge in [-0.1, -0.05) is 23.3 Å². The number of rotatable bonds is 4. The summed E-state index contributed by atoms with van der Waals surface area (Å²) < 4.78 is 0. The number of anilines is 1. The van der Waals surface area contributed by atoms with Gasteiger partial charge >= 0.3 is 0 Å². The summed E-state index contributed by atoms with van der Waals surface area (Å²) in [5.41, 5.74) is 1.81. The SMILES string of the molecule is N#Cc1nc(NCCC2=CCCCC2)ccc1Cl. The molecule has 0 saturated carbocycles. The molecular formula is C14H16ClN3. The van der Waals surface area contributed by atoms with Crippen molar-refractivity contribution < 1.29 is 0 Å². The molecule has 0 unspecified atom stereocenters. The van der Waals surface area contributed by atoms with E-state index < -0.39 is 0 Å². The molecule has 0 spiro atoms. The summed E-state index contributed by atoms with van der Waals surface area (Å²) in [6.45, 7) is 0.853. The molecule has 18 heavy (non-hydrogen) atoms. The minimum atomic E-state index is 0.276. The lowest BCUT2D eigenvalue weighted by molar-refractivity contribution is 0.679. The van der Waals surface area contributed by atoms with Crippen molar-refractivity contribution in [3.8, 4) is 6.07 Å². The Kier molecular flexibility index (Phi) is 4.60. The number of hydrogen-bond acceptors (Lipinski definition) is 3. The van der Waals surface area contributed by atoms with E-state index in [2.05, 4.69) is 16.4 Å². The van der Waals surface area contributed by atoms with Crippen molar-refractivity contribution in [2.24, 2.45) is 0 Å². The number of nitrogens with zero attached hydrogens (tertiary/aromatic N) is 2. The van der Waals surface area contributed by atoms with Crippen LogP contribution in [-0.2, 0) is 0 Å². The van der Waals surface area contributed by atoms with E-state index in [1.165, 1.54) is 31.3 Å². The highest BCUT2D eigenvalue weighted by atomic mass is 35.5. The lowest BCUT2D eigenvalue weighted by Crippen LogP contribution is -2.06. The minimum absolute atomic E-state index is 0.276. The van der Waals surface area contributed by atoms with Gasteiger partial charge in [-0.15, -0.1) is 0 Å². The number of nitriles is 1. The fourth-order valence-electron chi connectivity index (χ4n) is 2.10. The number of hydrogen-bond donors (Lipinski definition) is 1. The van der Waals surface area contributed by atoms with Gasteiger partial charge in [-0.2, -0.15) is 5.26 Å². The minimum Gasteiger partial charge on any atom is -0.370 e. The van der Waals surface area contributed by atoms with Crippen LogP contribution in [0.25, 0.3) is 0 Å². The molecule has 4 heteroatoms. The molecule has 0 saturated heterocycles. The maximum absolute atomic E-state index is 8.84. The predicted molar refractivity (Wildman–Crippen MR) is 73.6 cm³/mol. The van der Waals surface area contributed by atoms with Crippen molar-refractivity contribution in [2.45, 2.75) is 32.1 Å². The fraction of sp³-hybridized carbons (Fsp3) is 0.429. The van der Waals surface area contributed by atoms with Crippen LogP contribution in [-0.4, -0.2) is 11.5 Å². The highest BCUT2D eigenvalue weighted by Gasteiger charge is 2.05. The molecule has 0 aromatic carbocycles. The summed E-state index contributed by atoms with van der Waals surface area (Å²) >= 11 is 5.83. The molecule has 1 aliphatic rings. The van der Waals surface area contributed by atoms with Crippen molar-refractivity contribution in [1.29, 1.82) is 5.26 Å². The zero-order valence-corrected chi connectivity index (χ0v) is 11.0. The van der Waals surface area contributed by atoms with E-state index in [1.54, 1.807) is 12.1 Å². The van der Waals surface area contributed by atoms with E-state index in [4.69, 9.17) is 16.9 Å². The quantitative estimate of drug-likeness (QED) is 0.836. The molecule has 0 aliphatic heterocycles. The van der Waals surface area contributed by atoms with Crippen LogP contribution in [0.15, 0.2) is 23.8 Å². The second kappa shape index (κ2) is 6.42. The van der Waals surface area contributed by atoms with Crippen LogP contribution in [0, 0.1) is 11.3 Å². The second-order valence-corrected chi connectivity index (χ2v) is 4.83. The van der Waals surface area contributed by atoms with E-state index in [1.807, 2.05) is 6.07 Å². The Morgan fingerprint density at radius 2 is 2.28 bits per heavy atom. The third-order valence-corrected chi connectivity index (χ3v) is 3.39. The van der Waals surface area contributed by atoms with Gasteiger partial charge in [0.05, 0.1) is 5.02 Å². The van der Waals surface area contributed by atoms with E-state index in [-0.39, 0.29) is 5.69 Å². The average Bonchev–Trinajstić information content (AvgIpc) is 2.42. The van der Waals surface area contributed by atoms with E-state index in [9.17, 15) is 0 Å². The zero-order chi connectivity index (χ0) is 12.8. The summed E-state index contributed by atoms with van der Waals surface area (Å²) in [7, 11) is 0. The van der Waals surface area contributed by atoms with Gasteiger partial charge in [0.25, 0.3) is 0 Å². The lowest BCUT2D eigenvalue weighted by Gasteiger charge is -2.13. The molecule has 1 aromatic heterocycles. The highest BCUT2D eigenvalue weighted by molar-refractivity contribution is 6.31. The molecule has 94 valence electrons. The highest BCUT2D eigenvalue weighted by Crippen LogP contribution is 2.20. The average molecular weight is 262 g/mol. The van der Waals surface area contributed by atoms with Crippen molar-refractivity contribution in [1.82, 2.24) is 4.98 Å². The first-order valence-corrected chi connectivity index (χ1v) is 6.66. The number of halogens is 1. The molecule has 0 fully saturated rings. The Balaban J connectivity index is 1.87. The molecule has 1 aliphatic carbocycles. The van der Waals surface area contributed by atoms with Crippen LogP contribution in [0.3, 0.4) is 0 Å². The monoisotopic (exact) mass is 261 g/mol. The van der Waals surface area contributed by atoms with Gasteiger partial charge in [-0.3, -0.25) is 0 Å². The van der Waals surface area contributed by atoms with Gasteiger partial charge in [0.1, 0.15) is 11.9 Å². The molecule has 0 atom stereocenters. The van der Waals surface area contributed by atoms with Crippen LogP contribution in [0.1, 0.15) is 37.8 Å². The van der Waals surface area contributed by atoms with Crippen LogP contribution < -0.4 is 5.32 Å². The van der Waals surface area contributed by atoms with Gasteiger partial charge in [0.15, 0.2) is 5.69 Å². The Bertz CT molecular complexity index is 488. The largest absolute Gasteiger partial charge is 0.370 e. The number of allylic oxidation sites excluding steroid dienone is 1. The van der Waals surface area contributed by atoms with Crippen LogP contribution in [0.2, 0.25) is 5.02 Å². The maximum Gasteiger partial charge on any atom is 0.161 e. The van der Waals surface area contributed by atoms with Crippen molar-refractivity contribution in [3.05, 3.63) is 34.5 Å². The first-order chi connectivity index (χ1) is 8.79. The number of pyridine rings is 1. The van der Waals surface area contributed by atoms with E-state index in [0.717, 1.165) is 13.0 Å². The topological polar surface area (TPSA) is 48.7 Å². The molecule has 0 bridgehead atoms. The molecule has 0 radical (unpaired) electrons. The van der Waals surface area contributed by atoms with Crippen LogP contribution in [0.4, 0.5) is 5.82 Å². The molecule has 2 rings (SSSR count). The van der Waals surface area contributed by atoms with Gasteiger partial charge < -0.3 is 5.32 Å². The summed E-state index contributed by atoms with van der Waals surface area (Å²) in [4.78, 5) is 4.15. The molecule has 3 nitrogen and oxygen atoms in total. The summed E-state index contributed by atoms with van der Waals surface area (Å²) in [5, 5.41) is 12.5. The summed E-state index contributed by atoms with van der Waals surface area (Å²) in [6.07, 6.45) is 8.46. The molecular weight excluding hydrogens is 246 g/mol. The molecule has 1 N–H and O–H groups in total. The Morgan fingerprint density at radius 1 is 1.39 bits per heavy atom. The lowest BCUT2D eigenvalue weighted by atomic mass is 9.97. The van der Waals surface area contributed by atoms with Gasteiger partial charge in [0, 0.05) is 6.54 Å². The van der Waals surface area contributed by atoms with Gasteiger partial charge in [-0.25, -0.2) is 4.98 Å². The zero-order valence-electron chi connectivity index (χ0n) is 10.2. The predicted octanol–water partition coefficient (Wildman–Crippen LogP) is 3.91. The number of aromatic nitrogens is 1. The Morgan fingerprint density at radius 3 is 3.00 bits per heavy atom. The van der Waals surface area contributed by atoms with Crippen LogP contribution in [0.5, 0.6) is 0 Å². The van der Waals surface area contributed by atoms with Crippen molar-refractivity contribution >= 4 is 17.4 Å². The third-order valence-electron chi connectivity index (χ3n) is 3.09.